The van der Waals surface area contributed by atoms with E-state index in [9.17, 15) is 5.11 Å². The van der Waals surface area contributed by atoms with Crippen molar-refractivity contribution in [2.45, 2.75) is 52.6 Å². The third-order valence-corrected chi connectivity index (χ3v) is 3.50. The summed E-state index contributed by atoms with van der Waals surface area (Å²) >= 11 is 0. The summed E-state index contributed by atoms with van der Waals surface area (Å²) in [5.74, 6) is 0. The van der Waals surface area contributed by atoms with Gasteiger partial charge in [0.25, 0.3) is 0 Å². The molecule has 0 fully saturated rings. The lowest BCUT2D eigenvalue weighted by molar-refractivity contribution is 0.0417. The number of hydrogen-bond acceptors (Lipinski definition) is 3. The Morgan fingerprint density at radius 1 is 1.15 bits per heavy atom. The lowest BCUT2D eigenvalue weighted by Crippen LogP contribution is -2.25. The summed E-state index contributed by atoms with van der Waals surface area (Å²) in [7, 11) is 0. The zero-order valence-corrected chi connectivity index (χ0v) is 13.1. The number of aliphatic hydroxyl groups is 1. The molecule has 114 valence electrons. The summed E-state index contributed by atoms with van der Waals surface area (Å²) in [4.78, 5) is 0. The van der Waals surface area contributed by atoms with Crippen LogP contribution in [-0.4, -0.2) is 31.0 Å². The molecule has 0 spiro atoms. The van der Waals surface area contributed by atoms with Crippen LogP contribution in [0.4, 0.5) is 5.69 Å². The monoisotopic (exact) mass is 279 g/mol. The second kappa shape index (κ2) is 9.78. The smallest absolute Gasteiger partial charge is 0.0945 e. The van der Waals surface area contributed by atoms with E-state index in [4.69, 9.17) is 4.74 Å². The van der Waals surface area contributed by atoms with Crippen molar-refractivity contribution in [3.05, 3.63) is 29.3 Å². The number of benzene rings is 1. The zero-order valence-electron chi connectivity index (χ0n) is 13.1. The number of hydrogen-bond donors (Lipinski definition) is 2. The largest absolute Gasteiger partial charge is 0.389 e. The van der Waals surface area contributed by atoms with Gasteiger partial charge in [-0.2, -0.15) is 0 Å². The number of rotatable bonds is 10. The summed E-state index contributed by atoms with van der Waals surface area (Å²) in [5.41, 5.74) is 3.60. The molecule has 0 saturated carbocycles. The van der Waals surface area contributed by atoms with Crippen molar-refractivity contribution in [3.8, 4) is 0 Å². The molecular formula is C17H29NO2. The van der Waals surface area contributed by atoms with E-state index in [0.29, 0.717) is 13.2 Å². The van der Waals surface area contributed by atoms with E-state index in [2.05, 4.69) is 38.2 Å². The first-order chi connectivity index (χ1) is 9.63. The van der Waals surface area contributed by atoms with Crippen LogP contribution in [0.1, 0.15) is 43.7 Å². The van der Waals surface area contributed by atoms with Crippen LogP contribution in [0.3, 0.4) is 0 Å². The summed E-state index contributed by atoms with van der Waals surface area (Å²) in [6, 6.07) is 6.24. The maximum Gasteiger partial charge on any atom is 0.0945 e. The van der Waals surface area contributed by atoms with E-state index in [1.807, 2.05) is 6.07 Å². The van der Waals surface area contributed by atoms with Gasteiger partial charge in [-0.1, -0.05) is 32.3 Å². The van der Waals surface area contributed by atoms with Crippen molar-refractivity contribution >= 4 is 5.69 Å². The molecule has 3 nitrogen and oxygen atoms in total. The van der Waals surface area contributed by atoms with E-state index < -0.39 is 6.10 Å². The average Bonchev–Trinajstić information content (AvgIpc) is 2.44. The summed E-state index contributed by atoms with van der Waals surface area (Å²) in [5, 5.41) is 13.1. The van der Waals surface area contributed by atoms with Crippen LogP contribution < -0.4 is 5.32 Å². The summed E-state index contributed by atoms with van der Waals surface area (Å²) in [6.07, 6.45) is 4.35. The van der Waals surface area contributed by atoms with Crippen molar-refractivity contribution in [2.75, 3.05) is 25.1 Å². The van der Waals surface area contributed by atoms with Gasteiger partial charge < -0.3 is 15.2 Å². The van der Waals surface area contributed by atoms with E-state index in [0.717, 1.165) is 18.7 Å². The number of aryl methyl sites for hydroxylation is 2. The first-order valence-corrected chi connectivity index (χ1v) is 7.70. The molecule has 0 saturated heterocycles. The number of aliphatic hydroxyl groups excluding tert-OH is 1. The molecule has 1 aromatic rings. The Morgan fingerprint density at radius 2 is 1.95 bits per heavy atom. The normalized spacial score (nSPS) is 12.4. The molecular weight excluding hydrogens is 250 g/mol. The average molecular weight is 279 g/mol. The Labute approximate surface area is 123 Å². The molecule has 0 aliphatic rings. The molecule has 20 heavy (non-hydrogen) atoms. The molecule has 0 heterocycles. The van der Waals surface area contributed by atoms with E-state index >= 15 is 0 Å². The lowest BCUT2D eigenvalue weighted by Gasteiger charge is -2.14. The van der Waals surface area contributed by atoms with Gasteiger partial charge in [0.05, 0.1) is 12.7 Å². The van der Waals surface area contributed by atoms with Gasteiger partial charge in [0, 0.05) is 18.8 Å². The maximum absolute atomic E-state index is 9.85. The summed E-state index contributed by atoms with van der Waals surface area (Å²) in [6.45, 7) is 8.07. The SMILES string of the molecule is CCCCCCOCC(O)CNc1ccc(C)c(C)c1. The maximum atomic E-state index is 9.85. The lowest BCUT2D eigenvalue weighted by atomic mass is 10.1. The highest BCUT2D eigenvalue weighted by atomic mass is 16.5. The molecule has 1 unspecified atom stereocenters. The molecule has 0 bridgehead atoms. The Morgan fingerprint density at radius 3 is 2.65 bits per heavy atom. The quantitative estimate of drug-likeness (QED) is 0.642. The number of ether oxygens (including phenoxy) is 1. The van der Waals surface area contributed by atoms with Gasteiger partial charge in [0.15, 0.2) is 0 Å². The van der Waals surface area contributed by atoms with E-state index in [-0.39, 0.29) is 0 Å². The van der Waals surface area contributed by atoms with Crippen molar-refractivity contribution in [3.63, 3.8) is 0 Å². The minimum absolute atomic E-state index is 0.407. The molecule has 0 aliphatic heterocycles. The fraction of sp³-hybridized carbons (Fsp3) is 0.647. The predicted molar refractivity (Wildman–Crippen MR) is 85.4 cm³/mol. The highest BCUT2D eigenvalue weighted by Crippen LogP contribution is 2.14. The van der Waals surface area contributed by atoms with Crippen LogP contribution in [0.25, 0.3) is 0 Å². The van der Waals surface area contributed by atoms with Gasteiger partial charge in [-0.25, -0.2) is 0 Å². The van der Waals surface area contributed by atoms with E-state index in [1.54, 1.807) is 0 Å². The second-order valence-electron chi connectivity index (χ2n) is 5.47. The van der Waals surface area contributed by atoms with Gasteiger partial charge >= 0.3 is 0 Å². The Bertz CT molecular complexity index is 379. The van der Waals surface area contributed by atoms with Gasteiger partial charge in [-0.3, -0.25) is 0 Å². The van der Waals surface area contributed by atoms with Crippen LogP contribution >= 0.6 is 0 Å². The van der Waals surface area contributed by atoms with Crippen LogP contribution in [0, 0.1) is 13.8 Å². The molecule has 1 atom stereocenters. The third-order valence-electron chi connectivity index (χ3n) is 3.50. The number of unbranched alkanes of at least 4 members (excludes halogenated alkanes) is 3. The molecule has 0 aromatic heterocycles. The molecule has 1 aromatic carbocycles. The first-order valence-electron chi connectivity index (χ1n) is 7.70. The van der Waals surface area contributed by atoms with Crippen molar-refractivity contribution in [1.82, 2.24) is 0 Å². The molecule has 0 aliphatic carbocycles. The fourth-order valence-electron chi connectivity index (χ4n) is 2.00. The van der Waals surface area contributed by atoms with Gasteiger partial charge in [-0.15, -0.1) is 0 Å². The van der Waals surface area contributed by atoms with E-state index in [1.165, 1.54) is 30.4 Å². The Balaban J connectivity index is 2.13. The molecule has 0 amide bonds. The minimum atomic E-state index is -0.456. The van der Waals surface area contributed by atoms with Crippen molar-refractivity contribution < 1.29 is 9.84 Å². The van der Waals surface area contributed by atoms with Crippen LogP contribution in [-0.2, 0) is 4.74 Å². The first kappa shape index (κ1) is 17.0. The highest BCUT2D eigenvalue weighted by Gasteiger charge is 2.04. The van der Waals surface area contributed by atoms with Crippen LogP contribution in [0.15, 0.2) is 18.2 Å². The topological polar surface area (TPSA) is 41.5 Å². The van der Waals surface area contributed by atoms with Crippen molar-refractivity contribution in [1.29, 1.82) is 0 Å². The Kier molecular flexibility index (Phi) is 8.31. The zero-order chi connectivity index (χ0) is 14.8. The molecule has 3 heteroatoms. The highest BCUT2D eigenvalue weighted by molar-refractivity contribution is 5.48. The number of nitrogens with one attached hydrogen (secondary N) is 1. The Hall–Kier alpha value is -1.06. The number of anilines is 1. The van der Waals surface area contributed by atoms with Crippen LogP contribution in [0.2, 0.25) is 0 Å². The van der Waals surface area contributed by atoms with Gasteiger partial charge in [0.1, 0.15) is 0 Å². The second-order valence-corrected chi connectivity index (χ2v) is 5.47. The standard InChI is InChI=1S/C17H29NO2/c1-4-5-6-7-10-20-13-17(19)12-18-16-9-8-14(2)15(3)11-16/h8-9,11,17-19H,4-7,10,12-13H2,1-3H3. The third kappa shape index (κ3) is 6.92. The predicted octanol–water partition coefficient (Wildman–Crippen LogP) is 3.67. The molecule has 2 N–H and O–H groups in total. The van der Waals surface area contributed by atoms with Gasteiger partial charge in [0.2, 0.25) is 0 Å². The molecule has 0 radical (unpaired) electrons. The van der Waals surface area contributed by atoms with Gasteiger partial charge in [-0.05, 0) is 43.5 Å². The van der Waals surface area contributed by atoms with Crippen LogP contribution in [0.5, 0.6) is 0 Å². The molecule has 1 rings (SSSR count). The minimum Gasteiger partial charge on any atom is -0.389 e. The fourth-order valence-corrected chi connectivity index (χ4v) is 2.00. The van der Waals surface area contributed by atoms with Crippen molar-refractivity contribution in [2.24, 2.45) is 0 Å². The summed E-state index contributed by atoms with van der Waals surface area (Å²) < 4.78 is 5.48.